The molecule has 0 aromatic heterocycles. The predicted octanol–water partition coefficient (Wildman–Crippen LogP) is 1.59. The van der Waals surface area contributed by atoms with E-state index in [1.807, 2.05) is 13.0 Å². The van der Waals surface area contributed by atoms with Crippen molar-refractivity contribution in [2.45, 2.75) is 25.2 Å². The van der Waals surface area contributed by atoms with Gasteiger partial charge in [-0.1, -0.05) is 26.0 Å². The summed E-state index contributed by atoms with van der Waals surface area (Å²) in [6, 6.07) is 6.70. The molecule has 0 fully saturated rings. The van der Waals surface area contributed by atoms with Crippen molar-refractivity contribution in [1.82, 2.24) is 4.31 Å². The van der Waals surface area contributed by atoms with E-state index in [9.17, 15) is 13.2 Å². The average Bonchev–Trinajstić information content (AvgIpc) is 2.38. The fraction of sp³-hybridized carbons (Fsp3) is 0.462. The monoisotopic (exact) mass is 285 g/mol. The van der Waals surface area contributed by atoms with Crippen molar-refractivity contribution < 1.29 is 18.3 Å². The van der Waals surface area contributed by atoms with Gasteiger partial charge in [-0.3, -0.25) is 4.79 Å². The van der Waals surface area contributed by atoms with Crippen LogP contribution in [-0.2, 0) is 21.2 Å². The van der Waals surface area contributed by atoms with Gasteiger partial charge < -0.3 is 5.11 Å². The van der Waals surface area contributed by atoms with Crippen molar-refractivity contribution >= 4 is 16.0 Å². The summed E-state index contributed by atoms with van der Waals surface area (Å²) in [5.74, 6) is -1.75. The summed E-state index contributed by atoms with van der Waals surface area (Å²) in [4.78, 5) is 11.0. The minimum Gasteiger partial charge on any atom is -0.481 e. The number of rotatable bonds is 6. The third-order valence-electron chi connectivity index (χ3n) is 2.97. The van der Waals surface area contributed by atoms with E-state index in [0.717, 1.165) is 16.3 Å². The zero-order valence-electron chi connectivity index (χ0n) is 11.3. The van der Waals surface area contributed by atoms with Crippen LogP contribution >= 0.6 is 0 Å². The van der Waals surface area contributed by atoms with Gasteiger partial charge >= 0.3 is 5.97 Å². The molecule has 1 N–H and O–H groups in total. The van der Waals surface area contributed by atoms with E-state index >= 15 is 0 Å². The van der Waals surface area contributed by atoms with Gasteiger partial charge in [0.25, 0.3) is 0 Å². The standard InChI is InChI=1S/C13H19NO4S/c1-4-11-6-5-7-12(8-11)19(17,18)14(3)9-10(2)13(15)16/h5-8,10H,4,9H2,1-3H3,(H,15,16). The maximum Gasteiger partial charge on any atom is 0.307 e. The maximum absolute atomic E-state index is 12.3. The van der Waals surface area contributed by atoms with Crippen molar-refractivity contribution in [3.8, 4) is 0 Å². The van der Waals surface area contributed by atoms with E-state index in [1.54, 1.807) is 12.1 Å². The first kappa shape index (κ1) is 15.7. The number of hydrogen-bond acceptors (Lipinski definition) is 3. The molecule has 1 atom stereocenters. The summed E-state index contributed by atoms with van der Waals surface area (Å²) in [7, 11) is -2.23. The normalized spacial score (nSPS) is 13.5. The molecule has 0 amide bonds. The third kappa shape index (κ3) is 3.78. The van der Waals surface area contributed by atoms with Gasteiger partial charge in [0.15, 0.2) is 0 Å². The molecular formula is C13H19NO4S. The van der Waals surface area contributed by atoms with Gasteiger partial charge in [-0.15, -0.1) is 0 Å². The molecule has 106 valence electrons. The van der Waals surface area contributed by atoms with Crippen molar-refractivity contribution in [3.05, 3.63) is 29.8 Å². The Morgan fingerprint density at radius 1 is 1.42 bits per heavy atom. The molecule has 0 bridgehead atoms. The topological polar surface area (TPSA) is 74.7 Å². The van der Waals surface area contributed by atoms with E-state index in [1.165, 1.54) is 20.0 Å². The summed E-state index contributed by atoms with van der Waals surface area (Å²) in [5, 5.41) is 8.83. The number of carboxylic acids is 1. The molecule has 19 heavy (non-hydrogen) atoms. The number of carboxylic acid groups (broad SMARTS) is 1. The molecule has 5 nitrogen and oxygen atoms in total. The van der Waals surface area contributed by atoms with Crippen LogP contribution in [0.5, 0.6) is 0 Å². The fourth-order valence-electron chi connectivity index (χ4n) is 1.67. The number of hydrogen-bond donors (Lipinski definition) is 1. The van der Waals surface area contributed by atoms with E-state index < -0.39 is 21.9 Å². The summed E-state index contributed by atoms with van der Waals surface area (Å²) in [6.45, 7) is 3.38. The lowest BCUT2D eigenvalue weighted by atomic mass is 10.2. The molecule has 6 heteroatoms. The smallest absolute Gasteiger partial charge is 0.307 e. The van der Waals surface area contributed by atoms with Gasteiger partial charge in [-0.25, -0.2) is 12.7 Å². The van der Waals surface area contributed by atoms with E-state index in [2.05, 4.69) is 0 Å². The highest BCUT2D eigenvalue weighted by Gasteiger charge is 2.24. The van der Waals surface area contributed by atoms with E-state index in [-0.39, 0.29) is 11.4 Å². The van der Waals surface area contributed by atoms with Crippen molar-refractivity contribution in [3.63, 3.8) is 0 Å². The Morgan fingerprint density at radius 3 is 2.58 bits per heavy atom. The maximum atomic E-state index is 12.3. The Morgan fingerprint density at radius 2 is 2.05 bits per heavy atom. The lowest BCUT2D eigenvalue weighted by Crippen LogP contribution is -2.33. The van der Waals surface area contributed by atoms with Crippen LogP contribution in [0.1, 0.15) is 19.4 Å². The molecular weight excluding hydrogens is 266 g/mol. The summed E-state index contributed by atoms with van der Waals surface area (Å²) >= 11 is 0. The highest BCUT2D eigenvalue weighted by Crippen LogP contribution is 2.17. The molecule has 0 saturated heterocycles. The van der Waals surface area contributed by atoms with Crippen LogP contribution in [0.3, 0.4) is 0 Å². The van der Waals surface area contributed by atoms with E-state index in [4.69, 9.17) is 5.11 Å². The van der Waals surface area contributed by atoms with Crippen molar-refractivity contribution in [2.24, 2.45) is 5.92 Å². The molecule has 1 aromatic carbocycles. The van der Waals surface area contributed by atoms with Gasteiger partial charge in [-0.05, 0) is 24.1 Å². The molecule has 0 radical (unpaired) electrons. The number of aliphatic carboxylic acids is 1. The van der Waals surface area contributed by atoms with Crippen molar-refractivity contribution in [1.29, 1.82) is 0 Å². The van der Waals surface area contributed by atoms with Crippen LogP contribution < -0.4 is 0 Å². The first-order valence-corrected chi connectivity index (χ1v) is 7.51. The molecule has 1 unspecified atom stereocenters. The lowest BCUT2D eigenvalue weighted by Gasteiger charge is -2.19. The predicted molar refractivity (Wildman–Crippen MR) is 72.4 cm³/mol. The van der Waals surface area contributed by atoms with Gasteiger partial charge in [0.1, 0.15) is 0 Å². The van der Waals surface area contributed by atoms with Gasteiger partial charge in [0, 0.05) is 13.6 Å². The molecule has 1 rings (SSSR count). The van der Waals surface area contributed by atoms with Gasteiger partial charge in [-0.2, -0.15) is 0 Å². The van der Waals surface area contributed by atoms with Crippen molar-refractivity contribution in [2.75, 3.05) is 13.6 Å². The molecule has 0 aliphatic rings. The second kappa shape index (κ2) is 6.16. The first-order chi connectivity index (χ1) is 8.78. The average molecular weight is 285 g/mol. The van der Waals surface area contributed by atoms with E-state index in [0.29, 0.717) is 0 Å². The lowest BCUT2D eigenvalue weighted by molar-refractivity contribution is -0.141. The van der Waals surface area contributed by atoms with Gasteiger partial charge in [0.2, 0.25) is 10.0 Å². The second-order valence-corrected chi connectivity index (χ2v) is 6.57. The minimum atomic E-state index is -3.63. The SMILES string of the molecule is CCc1cccc(S(=O)(=O)N(C)CC(C)C(=O)O)c1. The van der Waals surface area contributed by atoms with Gasteiger partial charge in [0.05, 0.1) is 10.8 Å². The van der Waals surface area contributed by atoms with Crippen LogP contribution in [0.4, 0.5) is 0 Å². The highest BCUT2D eigenvalue weighted by atomic mass is 32.2. The number of sulfonamides is 1. The Bertz CT molecular complexity index is 554. The zero-order chi connectivity index (χ0) is 14.6. The van der Waals surface area contributed by atoms with Crippen LogP contribution in [0, 0.1) is 5.92 Å². The van der Waals surface area contributed by atoms with Crippen LogP contribution in [0.25, 0.3) is 0 Å². The number of aryl methyl sites for hydroxylation is 1. The van der Waals surface area contributed by atoms with Crippen LogP contribution in [0.2, 0.25) is 0 Å². The molecule has 1 aromatic rings. The zero-order valence-corrected chi connectivity index (χ0v) is 12.1. The Balaban J connectivity index is 2.99. The summed E-state index contributed by atoms with van der Waals surface area (Å²) < 4.78 is 25.7. The Labute approximate surface area is 113 Å². The summed E-state index contributed by atoms with van der Waals surface area (Å²) in [6.07, 6.45) is 0.749. The largest absolute Gasteiger partial charge is 0.481 e. The molecule has 0 spiro atoms. The Kier molecular flexibility index (Phi) is 5.08. The molecule has 0 aliphatic carbocycles. The van der Waals surface area contributed by atoms with Crippen LogP contribution in [-0.4, -0.2) is 37.4 Å². The number of benzene rings is 1. The highest BCUT2D eigenvalue weighted by molar-refractivity contribution is 7.89. The molecule has 0 heterocycles. The quantitative estimate of drug-likeness (QED) is 0.861. The van der Waals surface area contributed by atoms with Crippen LogP contribution in [0.15, 0.2) is 29.2 Å². The second-order valence-electron chi connectivity index (χ2n) is 4.53. The number of nitrogens with zero attached hydrogens (tertiary/aromatic N) is 1. The number of carbonyl (C=O) groups is 1. The minimum absolute atomic E-state index is 0.0476. The summed E-state index contributed by atoms with van der Waals surface area (Å²) in [5.41, 5.74) is 0.931. The third-order valence-corrected chi connectivity index (χ3v) is 4.79. The molecule has 0 saturated carbocycles. The fourth-order valence-corrected chi connectivity index (χ4v) is 3.00. The molecule has 0 aliphatic heterocycles. The first-order valence-electron chi connectivity index (χ1n) is 6.07. The Hall–Kier alpha value is -1.40.